The second-order valence-electron chi connectivity index (χ2n) is 5.92. The number of benzene rings is 1. The van der Waals surface area contributed by atoms with Crippen LogP contribution in [0.2, 0.25) is 0 Å². The lowest BCUT2D eigenvalue weighted by Gasteiger charge is -2.30. The number of ether oxygens (including phenoxy) is 2. The van der Waals surface area contributed by atoms with Crippen LogP contribution in [-0.2, 0) is 0 Å². The lowest BCUT2D eigenvalue weighted by Crippen LogP contribution is -2.42. The molecular weight excluding hydrogens is 266 g/mol. The molecular formula is C17H27NO3. The molecule has 0 aliphatic heterocycles. The molecule has 0 aromatic heterocycles. The van der Waals surface area contributed by atoms with Gasteiger partial charge in [0.1, 0.15) is 24.2 Å². The zero-order chi connectivity index (χ0) is 15.1. The SMILES string of the molecule is COc1cccc(OCC(O)CNC2CCCCC2C)c1. The minimum atomic E-state index is -0.495. The zero-order valence-corrected chi connectivity index (χ0v) is 13.0. The van der Waals surface area contributed by atoms with E-state index < -0.39 is 6.10 Å². The van der Waals surface area contributed by atoms with Gasteiger partial charge in [0.05, 0.1) is 7.11 Å². The predicted octanol–water partition coefficient (Wildman–Crippen LogP) is 2.60. The Labute approximate surface area is 127 Å². The van der Waals surface area contributed by atoms with Gasteiger partial charge in [-0.2, -0.15) is 0 Å². The molecule has 1 fully saturated rings. The van der Waals surface area contributed by atoms with Gasteiger partial charge in [0.15, 0.2) is 0 Å². The summed E-state index contributed by atoms with van der Waals surface area (Å²) in [6.45, 7) is 3.16. The molecule has 0 spiro atoms. The number of rotatable bonds is 7. The van der Waals surface area contributed by atoms with E-state index in [0.29, 0.717) is 25.1 Å². The fourth-order valence-electron chi connectivity index (χ4n) is 2.85. The third kappa shape index (κ3) is 5.21. The lowest BCUT2D eigenvalue weighted by molar-refractivity contribution is 0.0983. The van der Waals surface area contributed by atoms with E-state index in [0.717, 1.165) is 11.5 Å². The predicted molar refractivity (Wildman–Crippen MR) is 83.9 cm³/mol. The molecule has 0 bridgehead atoms. The van der Waals surface area contributed by atoms with Gasteiger partial charge in [-0.1, -0.05) is 25.8 Å². The van der Waals surface area contributed by atoms with Gasteiger partial charge in [-0.3, -0.25) is 0 Å². The van der Waals surface area contributed by atoms with Crippen LogP contribution in [0.1, 0.15) is 32.6 Å². The molecule has 1 aliphatic carbocycles. The molecule has 1 aromatic carbocycles. The Balaban J connectivity index is 1.70. The summed E-state index contributed by atoms with van der Waals surface area (Å²) in [7, 11) is 1.63. The second-order valence-corrected chi connectivity index (χ2v) is 5.92. The molecule has 3 unspecified atom stereocenters. The van der Waals surface area contributed by atoms with Crippen LogP contribution >= 0.6 is 0 Å². The molecule has 2 N–H and O–H groups in total. The Morgan fingerprint density at radius 1 is 1.29 bits per heavy atom. The van der Waals surface area contributed by atoms with Crippen molar-refractivity contribution >= 4 is 0 Å². The van der Waals surface area contributed by atoms with Gasteiger partial charge in [-0.05, 0) is 30.9 Å². The molecule has 1 aromatic rings. The zero-order valence-electron chi connectivity index (χ0n) is 13.0. The normalized spacial score (nSPS) is 23.6. The average molecular weight is 293 g/mol. The van der Waals surface area contributed by atoms with E-state index in [1.54, 1.807) is 7.11 Å². The molecule has 3 atom stereocenters. The van der Waals surface area contributed by atoms with Gasteiger partial charge in [0.2, 0.25) is 0 Å². The summed E-state index contributed by atoms with van der Waals surface area (Å²) >= 11 is 0. The Kier molecular flexibility index (Phi) is 6.33. The summed E-state index contributed by atoms with van der Waals surface area (Å²) in [5.41, 5.74) is 0. The van der Waals surface area contributed by atoms with Gasteiger partial charge < -0.3 is 19.9 Å². The molecule has 4 nitrogen and oxygen atoms in total. The highest BCUT2D eigenvalue weighted by molar-refractivity contribution is 5.32. The van der Waals surface area contributed by atoms with E-state index >= 15 is 0 Å². The van der Waals surface area contributed by atoms with Crippen molar-refractivity contribution in [2.24, 2.45) is 5.92 Å². The third-order valence-corrected chi connectivity index (χ3v) is 4.21. The quantitative estimate of drug-likeness (QED) is 0.811. The van der Waals surface area contributed by atoms with E-state index in [-0.39, 0.29) is 0 Å². The Hall–Kier alpha value is -1.26. The summed E-state index contributed by atoms with van der Waals surface area (Å²) in [6.07, 6.45) is 4.63. The van der Waals surface area contributed by atoms with Crippen molar-refractivity contribution in [3.05, 3.63) is 24.3 Å². The number of hydrogen-bond donors (Lipinski definition) is 2. The summed E-state index contributed by atoms with van der Waals surface area (Å²) in [4.78, 5) is 0. The first-order chi connectivity index (χ1) is 10.2. The van der Waals surface area contributed by atoms with E-state index in [9.17, 15) is 5.11 Å². The van der Waals surface area contributed by atoms with Crippen molar-refractivity contribution in [2.45, 2.75) is 44.8 Å². The van der Waals surface area contributed by atoms with E-state index in [4.69, 9.17) is 9.47 Å². The summed E-state index contributed by atoms with van der Waals surface area (Å²) in [5.74, 6) is 2.18. The van der Waals surface area contributed by atoms with Gasteiger partial charge >= 0.3 is 0 Å². The standard InChI is InChI=1S/C17H27NO3/c1-13-6-3-4-9-17(13)18-11-14(19)12-21-16-8-5-7-15(10-16)20-2/h5,7-8,10,13-14,17-19H,3-4,6,9,11-12H2,1-2H3. The highest BCUT2D eigenvalue weighted by Gasteiger charge is 2.21. The molecule has 0 radical (unpaired) electrons. The molecule has 1 aliphatic rings. The topological polar surface area (TPSA) is 50.7 Å². The maximum Gasteiger partial charge on any atom is 0.123 e. The van der Waals surface area contributed by atoms with Gasteiger partial charge in [-0.25, -0.2) is 0 Å². The largest absolute Gasteiger partial charge is 0.497 e. The molecule has 21 heavy (non-hydrogen) atoms. The monoisotopic (exact) mass is 293 g/mol. The first-order valence-corrected chi connectivity index (χ1v) is 7.87. The second kappa shape index (κ2) is 8.25. The van der Waals surface area contributed by atoms with E-state index in [1.807, 2.05) is 24.3 Å². The first kappa shape index (κ1) is 16.1. The fourth-order valence-corrected chi connectivity index (χ4v) is 2.85. The molecule has 118 valence electrons. The number of aliphatic hydroxyl groups excluding tert-OH is 1. The van der Waals surface area contributed by atoms with Crippen LogP contribution in [0.5, 0.6) is 11.5 Å². The summed E-state index contributed by atoms with van der Waals surface area (Å²) < 4.78 is 10.8. The number of methoxy groups -OCH3 is 1. The van der Waals surface area contributed by atoms with Crippen molar-refractivity contribution < 1.29 is 14.6 Å². The van der Waals surface area contributed by atoms with Gasteiger partial charge in [-0.15, -0.1) is 0 Å². The first-order valence-electron chi connectivity index (χ1n) is 7.87. The number of nitrogens with one attached hydrogen (secondary N) is 1. The maximum absolute atomic E-state index is 10.0. The third-order valence-electron chi connectivity index (χ3n) is 4.21. The van der Waals surface area contributed by atoms with Gasteiger partial charge in [0, 0.05) is 18.7 Å². The minimum absolute atomic E-state index is 0.293. The maximum atomic E-state index is 10.0. The highest BCUT2D eigenvalue weighted by Crippen LogP contribution is 2.23. The Bertz CT molecular complexity index is 424. The fraction of sp³-hybridized carbons (Fsp3) is 0.647. The molecule has 0 saturated heterocycles. The Morgan fingerprint density at radius 2 is 2.05 bits per heavy atom. The summed E-state index contributed by atoms with van der Waals surface area (Å²) in [5, 5.41) is 13.5. The molecule has 1 saturated carbocycles. The van der Waals surface area contributed by atoms with E-state index in [2.05, 4.69) is 12.2 Å². The van der Waals surface area contributed by atoms with Crippen molar-refractivity contribution in [3.63, 3.8) is 0 Å². The lowest BCUT2D eigenvalue weighted by atomic mass is 9.86. The number of hydrogen-bond acceptors (Lipinski definition) is 4. The minimum Gasteiger partial charge on any atom is -0.497 e. The smallest absolute Gasteiger partial charge is 0.123 e. The van der Waals surface area contributed by atoms with Gasteiger partial charge in [0.25, 0.3) is 0 Å². The van der Waals surface area contributed by atoms with E-state index in [1.165, 1.54) is 25.7 Å². The van der Waals surface area contributed by atoms with Crippen LogP contribution in [0.15, 0.2) is 24.3 Å². The molecule has 2 rings (SSSR count). The van der Waals surface area contributed by atoms with Crippen molar-refractivity contribution in [1.82, 2.24) is 5.32 Å². The van der Waals surface area contributed by atoms with Crippen molar-refractivity contribution in [2.75, 3.05) is 20.3 Å². The average Bonchev–Trinajstić information content (AvgIpc) is 2.52. The van der Waals surface area contributed by atoms with Crippen molar-refractivity contribution in [1.29, 1.82) is 0 Å². The number of aliphatic hydroxyl groups is 1. The molecule has 0 heterocycles. The Morgan fingerprint density at radius 3 is 2.81 bits per heavy atom. The van der Waals surface area contributed by atoms with Crippen LogP contribution in [0.25, 0.3) is 0 Å². The highest BCUT2D eigenvalue weighted by atomic mass is 16.5. The van der Waals surface area contributed by atoms with Crippen LogP contribution < -0.4 is 14.8 Å². The van der Waals surface area contributed by atoms with Crippen LogP contribution in [-0.4, -0.2) is 37.5 Å². The van der Waals surface area contributed by atoms with Crippen LogP contribution in [0.4, 0.5) is 0 Å². The van der Waals surface area contributed by atoms with Crippen molar-refractivity contribution in [3.8, 4) is 11.5 Å². The molecule has 4 heteroatoms. The molecule has 0 amide bonds. The van der Waals surface area contributed by atoms with Crippen LogP contribution in [0.3, 0.4) is 0 Å². The summed E-state index contributed by atoms with van der Waals surface area (Å²) in [6, 6.07) is 7.97. The van der Waals surface area contributed by atoms with Crippen LogP contribution in [0, 0.1) is 5.92 Å².